The Morgan fingerprint density at radius 2 is 1.10 bits per heavy atom. The Morgan fingerprint density at radius 3 is 1.46 bits per heavy atom. The van der Waals surface area contributed by atoms with Gasteiger partial charge < -0.3 is 21.4 Å². The van der Waals surface area contributed by atoms with Crippen LogP contribution in [0.5, 0.6) is 0 Å². The minimum atomic E-state index is -4.67. The molecule has 2 aromatic carbocycles. The molecular formula is C24H24N6O6S3. The van der Waals surface area contributed by atoms with Crippen LogP contribution in [0.3, 0.4) is 0 Å². The van der Waals surface area contributed by atoms with E-state index in [1.165, 1.54) is 49.1 Å². The van der Waals surface area contributed by atoms with Gasteiger partial charge in [0.1, 0.15) is 9.83 Å². The van der Waals surface area contributed by atoms with Gasteiger partial charge in [-0.3, -0.25) is 9.59 Å². The number of H-pyrrole nitrogens is 2. The number of Topliss-reactive ketones (excluding diaryl/α,β-unsaturated/α-hetero) is 2. The van der Waals surface area contributed by atoms with E-state index in [1.54, 1.807) is 12.4 Å². The zero-order valence-corrected chi connectivity index (χ0v) is 22.7. The first-order valence-corrected chi connectivity index (χ1v) is 16.3. The van der Waals surface area contributed by atoms with E-state index < -0.39 is 51.2 Å². The molecule has 0 aliphatic carbocycles. The first kappa shape index (κ1) is 28.4. The Kier molecular flexibility index (Phi) is 8.46. The summed E-state index contributed by atoms with van der Waals surface area (Å²) in [7, 11) is -9.70. The van der Waals surface area contributed by atoms with E-state index in [0.717, 1.165) is 12.1 Å². The fourth-order valence-corrected chi connectivity index (χ4v) is 11.0. The third-order valence-electron chi connectivity index (χ3n) is 5.66. The quantitative estimate of drug-likeness (QED) is 0.137. The third kappa shape index (κ3) is 6.51. The topological polar surface area (TPSA) is 212 Å². The standard InChI is InChI=1S/C24H24N6O6S3/c25-19(9-15-11-27-13-29-15)23(31)17-5-1-3-7-21(17)38(33,34)37-39(35,36)22-8-4-2-6-18(22)24(32)20(26)10-16-12-28-14-30-16/h1-8,11-14,19-20H,9-10,25-26H2,(H,27,29)(H,28,30)/t19-,20-/m0/s1. The van der Waals surface area contributed by atoms with Crippen LogP contribution in [-0.4, -0.2) is 60.4 Å². The number of aromatic nitrogens is 4. The van der Waals surface area contributed by atoms with Crippen molar-refractivity contribution in [3.63, 3.8) is 0 Å². The summed E-state index contributed by atoms with van der Waals surface area (Å²) in [6.07, 6.45) is 6.01. The van der Waals surface area contributed by atoms with Crippen molar-refractivity contribution in [2.75, 3.05) is 0 Å². The van der Waals surface area contributed by atoms with Gasteiger partial charge in [0.15, 0.2) is 11.6 Å². The summed E-state index contributed by atoms with van der Waals surface area (Å²) in [5.41, 5.74) is 12.5. The van der Waals surface area contributed by atoms with E-state index in [2.05, 4.69) is 19.9 Å². The fraction of sp³-hybridized carbons (Fsp3) is 0.167. The number of ketones is 2. The van der Waals surface area contributed by atoms with Gasteiger partial charge in [-0.25, -0.2) is 26.8 Å². The molecule has 2 aromatic heterocycles. The van der Waals surface area contributed by atoms with Crippen molar-refractivity contribution >= 4 is 39.1 Å². The highest BCUT2D eigenvalue weighted by molar-refractivity contribution is 9.04. The van der Waals surface area contributed by atoms with Gasteiger partial charge in [0.2, 0.25) is 17.7 Å². The average Bonchev–Trinajstić information content (AvgIpc) is 3.62. The fourth-order valence-electron chi connectivity index (χ4n) is 3.81. The summed E-state index contributed by atoms with van der Waals surface area (Å²) >= 11 is 0. The number of rotatable bonds is 12. The number of carbonyl (C=O) groups is 2. The van der Waals surface area contributed by atoms with Crippen LogP contribution < -0.4 is 11.5 Å². The number of hydrogen-bond acceptors (Lipinski definition) is 11. The molecule has 0 amide bonds. The maximum Gasteiger partial charge on any atom is 0.245 e. The molecule has 4 rings (SSSR count). The van der Waals surface area contributed by atoms with E-state index >= 15 is 0 Å². The lowest BCUT2D eigenvalue weighted by Gasteiger charge is -2.15. The highest BCUT2D eigenvalue weighted by Crippen LogP contribution is 2.36. The maximum atomic E-state index is 13.4. The Labute approximate surface area is 227 Å². The van der Waals surface area contributed by atoms with Crippen LogP contribution in [0.2, 0.25) is 0 Å². The van der Waals surface area contributed by atoms with E-state index in [0.29, 0.717) is 11.4 Å². The molecule has 4 aromatic rings. The molecule has 0 spiro atoms. The minimum Gasteiger partial charge on any atom is -0.351 e. The predicted octanol–water partition coefficient (Wildman–Crippen LogP) is 1.45. The van der Waals surface area contributed by atoms with Gasteiger partial charge in [-0.1, -0.05) is 24.3 Å². The van der Waals surface area contributed by atoms with Gasteiger partial charge in [0.05, 0.1) is 45.9 Å². The molecule has 204 valence electrons. The van der Waals surface area contributed by atoms with Crippen LogP contribution >= 0.6 is 9.83 Å². The molecule has 6 N–H and O–H groups in total. The van der Waals surface area contributed by atoms with Crippen LogP contribution in [0, 0.1) is 0 Å². The maximum absolute atomic E-state index is 13.4. The lowest BCUT2D eigenvalue weighted by atomic mass is 10.0. The molecule has 39 heavy (non-hydrogen) atoms. The first-order chi connectivity index (χ1) is 18.5. The summed E-state index contributed by atoms with van der Waals surface area (Å²) in [4.78, 5) is 38.6. The molecule has 0 saturated carbocycles. The van der Waals surface area contributed by atoms with E-state index in [-0.39, 0.29) is 33.8 Å². The number of nitrogens with one attached hydrogen (secondary N) is 2. The zero-order chi connectivity index (χ0) is 28.2. The van der Waals surface area contributed by atoms with E-state index in [9.17, 15) is 26.4 Å². The largest absolute Gasteiger partial charge is 0.351 e. The normalized spacial score (nSPS) is 13.6. The molecule has 0 bridgehead atoms. The summed E-state index contributed by atoms with van der Waals surface area (Å²) in [6, 6.07) is 8.15. The van der Waals surface area contributed by atoms with Crippen LogP contribution in [0.4, 0.5) is 0 Å². The molecule has 0 saturated heterocycles. The van der Waals surface area contributed by atoms with Crippen molar-refractivity contribution in [1.82, 2.24) is 19.9 Å². The molecule has 15 heteroatoms. The molecule has 0 aliphatic heterocycles. The number of benzene rings is 2. The van der Waals surface area contributed by atoms with Gasteiger partial charge in [-0.15, -0.1) is 0 Å². The van der Waals surface area contributed by atoms with Crippen LogP contribution in [0.1, 0.15) is 32.1 Å². The third-order valence-corrected chi connectivity index (χ3v) is 13.2. The van der Waals surface area contributed by atoms with Crippen molar-refractivity contribution in [2.24, 2.45) is 11.5 Å². The number of carbonyl (C=O) groups excluding carboxylic acids is 2. The molecule has 12 nitrogen and oxygen atoms in total. The molecule has 0 unspecified atom stereocenters. The van der Waals surface area contributed by atoms with Crippen LogP contribution in [-0.2, 0) is 30.6 Å². The van der Waals surface area contributed by atoms with Gasteiger partial charge in [-0.05, 0) is 24.3 Å². The molecule has 0 radical (unpaired) electrons. The minimum absolute atomic E-state index is 0.0379. The second kappa shape index (κ2) is 11.6. The van der Waals surface area contributed by atoms with Crippen molar-refractivity contribution in [3.05, 3.63) is 96.1 Å². The lowest BCUT2D eigenvalue weighted by Crippen LogP contribution is -2.34. The average molecular weight is 589 g/mol. The number of imidazole rings is 2. The second-order valence-electron chi connectivity index (χ2n) is 8.44. The Bertz CT molecular complexity index is 1560. The van der Waals surface area contributed by atoms with Crippen LogP contribution in [0.25, 0.3) is 0 Å². The summed E-state index contributed by atoms with van der Waals surface area (Å²) in [6.45, 7) is 0. The van der Waals surface area contributed by atoms with Crippen LogP contribution in [0.15, 0.2) is 83.4 Å². The molecular weight excluding hydrogens is 565 g/mol. The van der Waals surface area contributed by atoms with E-state index in [4.69, 9.17) is 11.5 Å². The predicted molar refractivity (Wildman–Crippen MR) is 144 cm³/mol. The van der Waals surface area contributed by atoms with Gasteiger partial charge in [0, 0.05) is 36.4 Å². The monoisotopic (exact) mass is 588 g/mol. The van der Waals surface area contributed by atoms with Crippen molar-refractivity contribution < 1.29 is 26.4 Å². The second-order valence-corrected chi connectivity index (χ2v) is 15.5. The lowest BCUT2D eigenvalue weighted by molar-refractivity contribution is 0.0950. The smallest absolute Gasteiger partial charge is 0.245 e. The highest BCUT2D eigenvalue weighted by atomic mass is 33.5. The number of nitrogens with two attached hydrogens (primary N) is 2. The number of hydrogen-bond donors (Lipinski definition) is 4. The highest BCUT2D eigenvalue weighted by Gasteiger charge is 2.34. The van der Waals surface area contributed by atoms with Gasteiger partial charge in [0.25, 0.3) is 0 Å². The van der Waals surface area contributed by atoms with Crippen molar-refractivity contribution in [2.45, 2.75) is 34.7 Å². The van der Waals surface area contributed by atoms with Crippen molar-refractivity contribution in [1.29, 1.82) is 0 Å². The zero-order valence-electron chi connectivity index (χ0n) is 20.2. The summed E-state index contributed by atoms with van der Waals surface area (Å²) in [5.74, 6) is -1.40. The summed E-state index contributed by atoms with van der Waals surface area (Å²) in [5, 5.41) is 0. The Balaban J connectivity index is 1.62. The molecule has 2 atom stereocenters. The Morgan fingerprint density at radius 1 is 0.718 bits per heavy atom. The van der Waals surface area contributed by atoms with Gasteiger partial charge in [-0.2, -0.15) is 0 Å². The van der Waals surface area contributed by atoms with Crippen molar-refractivity contribution in [3.8, 4) is 0 Å². The van der Waals surface area contributed by atoms with E-state index in [1.807, 2.05) is 0 Å². The van der Waals surface area contributed by atoms with Gasteiger partial charge >= 0.3 is 0 Å². The molecule has 0 aliphatic rings. The number of nitrogens with zero attached hydrogens (tertiary/aromatic N) is 2. The SMILES string of the molecule is N[C@@H](Cc1c[nH]cn1)C(=O)c1ccccc1S(=O)(=O)SS(=O)(=O)c1ccccc1C(=O)[C@@H](N)Cc1c[nH]cn1. The Hall–Kier alpha value is -3.63. The summed E-state index contributed by atoms with van der Waals surface area (Å²) < 4.78 is 53.5. The first-order valence-electron chi connectivity index (χ1n) is 11.4. The number of aromatic amines is 2. The molecule has 0 fully saturated rings. The molecule has 2 heterocycles.